The van der Waals surface area contributed by atoms with Gasteiger partial charge in [0.05, 0.1) is 25.0 Å². The fraction of sp³-hybridized carbons (Fsp3) is 0.397. The van der Waals surface area contributed by atoms with Gasteiger partial charge < -0.3 is 38.1 Å². The van der Waals surface area contributed by atoms with Gasteiger partial charge in [-0.05, 0) is 89.0 Å². The number of hydrogen-bond donors (Lipinski definition) is 1. The van der Waals surface area contributed by atoms with E-state index < -0.39 is 36.8 Å². The number of rotatable bonds is 25. The van der Waals surface area contributed by atoms with E-state index in [4.69, 9.17) is 33.2 Å². The molecule has 0 bridgehead atoms. The van der Waals surface area contributed by atoms with Crippen molar-refractivity contribution in [3.05, 3.63) is 143 Å². The fourth-order valence-corrected chi connectivity index (χ4v) is 10.0. The third-order valence-corrected chi connectivity index (χ3v) is 17.4. The summed E-state index contributed by atoms with van der Waals surface area (Å²) < 4.78 is 66.2. The Labute approximate surface area is 517 Å². The zero-order valence-electron chi connectivity index (χ0n) is 53.0. The minimum absolute atomic E-state index is 0.0227. The Bertz CT molecular complexity index is 3730. The van der Waals surface area contributed by atoms with E-state index in [-0.39, 0.29) is 49.3 Å². The van der Waals surface area contributed by atoms with Crippen LogP contribution in [0.2, 0.25) is 51.4 Å². The van der Waals surface area contributed by atoms with Crippen LogP contribution in [0.15, 0.2) is 132 Å². The first kappa shape index (κ1) is 68.9. The van der Waals surface area contributed by atoms with E-state index in [2.05, 4.69) is 79.4 Å². The fourth-order valence-electron chi connectivity index (χ4n) is 7.78. The molecule has 0 saturated carbocycles. The van der Waals surface area contributed by atoms with E-state index in [9.17, 15) is 22.8 Å². The second-order valence-corrected chi connectivity index (χ2v) is 37.7. The van der Waals surface area contributed by atoms with Crippen molar-refractivity contribution in [2.45, 2.75) is 112 Å². The molecule has 0 radical (unpaired) electrons. The molecule has 0 unspecified atom stereocenters. The van der Waals surface area contributed by atoms with Gasteiger partial charge in [0, 0.05) is 106 Å². The molecule has 88 heavy (non-hydrogen) atoms. The van der Waals surface area contributed by atoms with Crippen LogP contribution in [0.25, 0.3) is 45.0 Å². The van der Waals surface area contributed by atoms with Crippen LogP contribution in [0.3, 0.4) is 0 Å². The lowest BCUT2D eigenvalue weighted by Crippen LogP contribution is -2.32. The third-order valence-electron chi connectivity index (χ3n) is 13.1. The van der Waals surface area contributed by atoms with Crippen molar-refractivity contribution in [3.63, 3.8) is 0 Å². The molecule has 0 aliphatic rings. The molecule has 470 valence electrons. The number of nitrogens with one attached hydrogen (secondary N) is 1. The molecule has 0 atom stereocenters. The maximum absolute atomic E-state index is 12.3. The lowest BCUT2D eigenvalue weighted by Gasteiger charge is -2.21. The number of nitrogens with zero attached hydrogens (tertiary/aromatic N) is 9. The van der Waals surface area contributed by atoms with Crippen molar-refractivity contribution in [1.29, 1.82) is 0 Å². The van der Waals surface area contributed by atoms with E-state index in [1.54, 1.807) is 69.0 Å². The van der Waals surface area contributed by atoms with Crippen molar-refractivity contribution in [3.8, 4) is 68.7 Å². The molecule has 0 aliphatic carbocycles. The third kappa shape index (κ3) is 21.6. The highest BCUT2D eigenvalue weighted by Crippen LogP contribution is 2.30. The van der Waals surface area contributed by atoms with Crippen LogP contribution < -0.4 is 19.8 Å². The van der Waals surface area contributed by atoms with Crippen LogP contribution >= 0.6 is 0 Å². The maximum atomic E-state index is 12.3. The van der Waals surface area contributed by atoms with E-state index in [0.29, 0.717) is 54.1 Å². The normalized spacial score (nSPS) is 11.8. The molecule has 25 heteroatoms. The molecule has 0 spiro atoms. The molecule has 22 nitrogen and oxygen atoms in total. The second-order valence-electron chi connectivity index (χ2n) is 24.6. The van der Waals surface area contributed by atoms with Gasteiger partial charge in [0.25, 0.3) is 0 Å². The average Bonchev–Trinajstić information content (AvgIpc) is 3.89. The number of aryl methyl sites for hydroxylation is 2. The Kier molecular flexibility index (Phi) is 23.9. The van der Waals surface area contributed by atoms with E-state index in [1.165, 1.54) is 25.0 Å². The zero-order chi connectivity index (χ0) is 64.5. The number of methoxy groups -OCH3 is 2. The minimum Gasteiger partial charge on any atom is -0.476 e. The summed E-state index contributed by atoms with van der Waals surface area (Å²) in [6, 6.07) is 35.6. The Balaban J connectivity index is 0.000000250. The van der Waals surface area contributed by atoms with Crippen LogP contribution in [0.5, 0.6) is 23.7 Å². The van der Waals surface area contributed by atoms with Crippen molar-refractivity contribution in [2.24, 2.45) is 10.8 Å². The predicted octanol–water partition coefficient (Wildman–Crippen LogP) is 11.4. The topological polar surface area (TPSA) is 266 Å². The number of aromatic amines is 1. The van der Waals surface area contributed by atoms with Gasteiger partial charge in [0.2, 0.25) is 38.2 Å². The molecule has 8 rings (SSSR count). The largest absolute Gasteiger partial charge is 0.476 e. The Morgan fingerprint density at radius 3 is 1.41 bits per heavy atom. The van der Waals surface area contributed by atoms with Gasteiger partial charge >= 0.3 is 17.9 Å². The predicted molar refractivity (Wildman–Crippen MR) is 342 cm³/mol. The van der Waals surface area contributed by atoms with Gasteiger partial charge in [-0.3, -0.25) is 14.4 Å². The minimum atomic E-state index is -3.59. The summed E-state index contributed by atoms with van der Waals surface area (Å²) >= 11 is 0. The quantitative estimate of drug-likeness (QED) is 0.0316. The Morgan fingerprint density at radius 2 is 1.00 bits per heavy atom. The van der Waals surface area contributed by atoms with Crippen molar-refractivity contribution in [2.75, 3.05) is 46.9 Å². The zero-order valence-corrected chi connectivity index (χ0v) is 55.9. The Morgan fingerprint density at radius 1 is 0.557 bits per heavy atom. The number of carbonyl (C=O) groups excluding carboxylic acids is 2. The summed E-state index contributed by atoms with van der Waals surface area (Å²) in [6.45, 7) is 26.2. The highest BCUT2D eigenvalue weighted by Gasteiger charge is 2.31. The van der Waals surface area contributed by atoms with Crippen molar-refractivity contribution in [1.82, 2.24) is 49.5 Å². The molecule has 2 aromatic carbocycles. The first-order valence-corrected chi connectivity index (χ1v) is 37.8. The molecule has 6 heterocycles. The van der Waals surface area contributed by atoms with Gasteiger partial charge in [-0.2, -0.15) is 14.6 Å². The van der Waals surface area contributed by atoms with Gasteiger partial charge in [-0.25, -0.2) is 28.1 Å². The summed E-state index contributed by atoms with van der Waals surface area (Å²) in [7, 11) is -3.36. The number of benzene rings is 2. The molecule has 6 aromatic heterocycles. The number of aromatic nitrogens is 10. The molecule has 0 aliphatic heterocycles. The van der Waals surface area contributed by atoms with Crippen LogP contribution in [0.1, 0.15) is 39.1 Å². The van der Waals surface area contributed by atoms with Crippen LogP contribution in [0, 0.1) is 24.7 Å². The summed E-state index contributed by atoms with van der Waals surface area (Å²) in [5, 5.41) is 8.96. The summed E-state index contributed by atoms with van der Waals surface area (Å²) in [5.41, 5.74) is 5.32. The smallest absolute Gasteiger partial charge is 0.324 e. The number of ether oxygens (including phenoxy) is 7. The number of hydrogen-bond acceptors (Lipinski definition) is 19. The SMILES string of the molecule is COC(=O)C(C)(C)COc1ccc(-c2ccc(-c3nc(Oc4cccc(C)n4)n(COCC[Si](C)(C)C)n3)cc2)cn1.COC(=O)C(C)(C)COc1ccc(-c2ccc(-c3nc(S(C)(=O)=O)n(COCC[Si](C)(C)C)n3)cc2)cn1.Cc1cccc(=O)[nH]1. The molecular weight excluding hydrogens is 1180 g/mol. The van der Waals surface area contributed by atoms with E-state index in [0.717, 1.165) is 57.5 Å². The highest BCUT2D eigenvalue weighted by molar-refractivity contribution is 7.90. The lowest BCUT2D eigenvalue weighted by atomic mass is 9.95. The highest BCUT2D eigenvalue weighted by atomic mass is 32.2. The number of carbonyl (C=O) groups is 2. The maximum Gasteiger partial charge on any atom is 0.324 e. The Hall–Kier alpha value is -8.24. The van der Waals surface area contributed by atoms with E-state index in [1.807, 2.05) is 92.7 Å². The summed E-state index contributed by atoms with van der Waals surface area (Å²) in [5.74, 6) is 1.42. The average molecular weight is 1260 g/mol. The van der Waals surface area contributed by atoms with E-state index >= 15 is 0 Å². The molecule has 8 aromatic rings. The lowest BCUT2D eigenvalue weighted by molar-refractivity contribution is -0.153. The first-order chi connectivity index (χ1) is 41.4. The molecule has 0 saturated heterocycles. The molecular formula is C63H82N10O12SSi2. The van der Waals surface area contributed by atoms with Crippen LogP contribution in [-0.2, 0) is 51.8 Å². The number of H-pyrrole nitrogens is 1. The molecule has 0 fully saturated rings. The number of esters is 2. The van der Waals surface area contributed by atoms with Crippen molar-refractivity contribution < 1.29 is 51.2 Å². The van der Waals surface area contributed by atoms with Crippen LogP contribution in [-0.4, -0.2) is 133 Å². The number of sulfone groups is 1. The van der Waals surface area contributed by atoms with Crippen LogP contribution in [0.4, 0.5) is 0 Å². The molecule has 1 N–H and O–H groups in total. The van der Waals surface area contributed by atoms with Gasteiger partial charge in [-0.15, -0.1) is 10.2 Å². The van der Waals surface area contributed by atoms with Crippen molar-refractivity contribution >= 4 is 37.9 Å². The first-order valence-electron chi connectivity index (χ1n) is 28.5. The molecule has 0 amide bonds. The standard InChI is InChI=1S/C31H39N5O5Si.C26H36N4O6SSi.C6H7NO/c1-22-9-8-10-27(33-22)41-30-34-28(35-36(30)21-39-17-18-42(5,6)7)24-13-11-23(12-14-24)25-15-16-26(32-19-25)40-20-31(2,3)29(37)38-4;1-26(2,24(31)34-3)17-36-22-13-12-21(16-27-22)19-8-10-20(11-9-19)23-28-25(37(4,32)33)30(29-23)18-35-14-15-38(5,6)7;1-5-3-2-4-6(8)7-5/h8-16,19H,17-18,20-21H2,1-7H3;8-13,16H,14-15,17-18H2,1-7H3;2-4H,1H3,(H,7,8). The van der Waals surface area contributed by atoms with Gasteiger partial charge in [0.1, 0.15) is 26.7 Å². The van der Waals surface area contributed by atoms with Gasteiger partial charge in [0.15, 0.2) is 11.6 Å². The summed E-state index contributed by atoms with van der Waals surface area (Å²) in [6.07, 6.45) is 4.53. The monoisotopic (exact) mass is 1260 g/mol. The number of pyridine rings is 4. The summed E-state index contributed by atoms with van der Waals surface area (Å²) in [4.78, 5) is 58.9. The van der Waals surface area contributed by atoms with Gasteiger partial charge in [-0.1, -0.05) is 99.9 Å². The second kappa shape index (κ2) is 30.6.